The number of rotatable bonds is 11. The van der Waals surface area contributed by atoms with E-state index in [0.717, 1.165) is 5.75 Å². The molecule has 0 amide bonds. The third-order valence-corrected chi connectivity index (χ3v) is 3.87. The minimum atomic E-state index is 0. The summed E-state index contributed by atoms with van der Waals surface area (Å²) in [6, 6.07) is 0. The van der Waals surface area contributed by atoms with Crippen LogP contribution < -0.4 is 5.73 Å². The van der Waals surface area contributed by atoms with Crippen LogP contribution in [0.4, 0.5) is 0 Å². The Morgan fingerprint density at radius 2 is 1.29 bits per heavy atom. The quantitative estimate of drug-likeness (QED) is 0.334. The monoisotopic (exact) mass is 317 g/mol. The normalized spacial score (nSPS) is 9.94. The molecule has 0 aromatic carbocycles. The Labute approximate surface area is 128 Å². The van der Waals surface area contributed by atoms with E-state index in [-0.39, 0.29) is 17.1 Å². The van der Waals surface area contributed by atoms with E-state index in [4.69, 9.17) is 18.0 Å². The van der Waals surface area contributed by atoms with Crippen molar-refractivity contribution >= 4 is 28.3 Å². The van der Waals surface area contributed by atoms with Gasteiger partial charge in [0, 0.05) is 22.8 Å². The Balaban J connectivity index is 0. The summed E-state index contributed by atoms with van der Waals surface area (Å²) in [5, 5.41) is 0. The molecule has 0 aromatic heterocycles. The molecule has 0 fully saturated rings. The van der Waals surface area contributed by atoms with Crippen LogP contribution in [0.2, 0.25) is 0 Å². The first-order chi connectivity index (χ1) is 7.77. The number of hydrogen-bond acceptors (Lipinski definition) is 2. The van der Waals surface area contributed by atoms with Crippen molar-refractivity contribution in [1.82, 2.24) is 0 Å². The van der Waals surface area contributed by atoms with Gasteiger partial charge in [-0.1, -0.05) is 88.7 Å². The van der Waals surface area contributed by atoms with E-state index in [9.17, 15) is 0 Å². The van der Waals surface area contributed by atoms with Gasteiger partial charge in [-0.25, -0.2) is 0 Å². The van der Waals surface area contributed by atoms with E-state index >= 15 is 0 Å². The van der Waals surface area contributed by atoms with Gasteiger partial charge in [0.25, 0.3) is 0 Å². The average Bonchev–Trinajstić information content (AvgIpc) is 2.25. The second kappa shape index (κ2) is 16.8. The summed E-state index contributed by atoms with van der Waals surface area (Å²) >= 11 is 6.42. The van der Waals surface area contributed by atoms with E-state index in [2.05, 4.69) is 6.92 Å². The fourth-order valence-electron chi connectivity index (χ4n) is 1.76. The smallest absolute Gasteiger partial charge is 0.131 e. The molecule has 1 nitrogen and oxygen atoms in total. The summed E-state index contributed by atoms with van der Waals surface area (Å²) in [5.41, 5.74) is 5.41. The van der Waals surface area contributed by atoms with Gasteiger partial charge in [0.2, 0.25) is 0 Å². The summed E-state index contributed by atoms with van der Waals surface area (Å²) in [5.74, 6) is 1.10. The first kappa shape index (κ1) is 20.1. The summed E-state index contributed by atoms with van der Waals surface area (Å²) in [4.78, 5) is 0. The van der Waals surface area contributed by atoms with Crippen LogP contribution in [0, 0.1) is 0 Å². The van der Waals surface area contributed by atoms with Gasteiger partial charge in [0.1, 0.15) is 4.32 Å². The summed E-state index contributed by atoms with van der Waals surface area (Å²) in [6.07, 6.45) is 13.9. The van der Waals surface area contributed by atoms with Crippen molar-refractivity contribution in [3.05, 3.63) is 0 Å². The van der Waals surface area contributed by atoms with Crippen LogP contribution in [0.5, 0.6) is 0 Å². The number of thioether (sulfide) groups is 1. The van der Waals surface area contributed by atoms with E-state index in [1.165, 1.54) is 64.2 Å². The predicted octanol–water partition coefficient (Wildman–Crippen LogP) is 4.88. The number of thiocarbonyl (C=S) groups is 1. The molecule has 0 aliphatic heterocycles. The first-order valence-electron chi connectivity index (χ1n) is 6.69. The van der Waals surface area contributed by atoms with Crippen LogP contribution >= 0.6 is 24.0 Å². The van der Waals surface area contributed by atoms with Gasteiger partial charge in [-0.15, -0.1) is 0 Å². The predicted molar refractivity (Wildman–Crippen MR) is 81.1 cm³/mol. The topological polar surface area (TPSA) is 26.0 Å². The van der Waals surface area contributed by atoms with Crippen LogP contribution in [-0.4, -0.2) is 10.1 Å². The fraction of sp³-hybridized carbons (Fsp3) is 0.923. The molecule has 104 valence electrons. The van der Waals surface area contributed by atoms with Gasteiger partial charge in [-0.05, 0) is 6.42 Å². The van der Waals surface area contributed by atoms with Crippen molar-refractivity contribution in [3.63, 3.8) is 0 Å². The van der Waals surface area contributed by atoms with Gasteiger partial charge >= 0.3 is 0 Å². The molecule has 0 unspecified atom stereocenters. The Kier molecular flexibility index (Phi) is 19.8. The molecule has 0 saturated heterocycles. The van der Waals surface area contributed by atoms with Crippen LogP contribution in [0.3, 0.4) is 0 Å². The Morgan fingerprint density at radius 3 is 1.71 bits per heavy atom. The minimum absolute atomic E-state index is 0. The summed E-state index contributed by atoms with van der Waals surface area (Å²) in [6.45, 7) is 2.27. The largest absolute Gasteiger partial charge is 0.385 e. The molecule has 0 radical (unpaired) electrons. The molecule has 0 aromatic rings. The fourth-order valence-corrected chi connectivity index (χ4v) is 2.56. The second-order valence-corrected chi connectivity index (χ2v) is 6.18. The van der Waals surface area contributed by atoms with Crippen molar-refractivity contribution < 1.29 is 17.1 Å². The van der Waals surface area contributed by atoms with E-state index in [1.54, 1.807) is 11.8 Å². The van der Waals surface area contributed by atoms with Gasteiger partial charge in [0.05, 0.1) is 0 Å². The molecule has 0 spiro atoms. The second-order valence-electron chi connectivity index (χ2n) is 4.35. The Hall–Kier alpha value is 0.759. The zero-order valence-electron chi connectivity index (χ0n) is 11.0. The maximum absolute atomic E-state index is 5.41. The van der Waals surface area contributed by atoms with Crippen LogP contribution in [0.15, 0.2) is 0 Å². The molecule has 2 N–H and O–H groups in total. The van der Waals surface area contributed by atoms with Gasteiger partial charge in [-0.3, -0.25) is 0 Å². The molecule has 4 heteroatoms. The van der Waals surface area contributed by atoms with Gasteiger partial charge in [0.15, 0.2) is 0 Å². The standard InChI is InChI=1S/C13H27NS2.Fe/c1-2-3-4-5-6-7-8-9-10-11-12-16-13(14)15;/h2-12H2,1H3,(H2,14,15);. The van der Waals surface area contributed by atoms with Crippen molar-refractivity contribution in [3.8, 4) is 0 Å². The van der Waals surface area contributed by atoms with Gasteiger partial charge < -0.3 is 5.73 Å². The molecular weight excluding hydrogens is 290 g/mol. The Morgan fingerprint density at radius 1 is 0.882 bits per heavy atom. The molecule has 0 saturated carbocycles. The molecule has 0 atom stereocenters. The molecule has 0 heterocycles. The zero-order valence-corrected chi connectivity index (χ0v) is 13.8. The van der Waals surface area contributed by atoms with Crippen molar-refractivity contribution in [2.24, 2.45) is 5.73 Å². The van der Waals surface area contributed by atoms with Gasteiger partial charge in [-0.2, -0.15) is 0 Å². The van der Waals surface area contributed by atoms with Crippen LogP contribution in [0.1, 0.15) is 71.1 Å². The van der Waals surface area contributed by atoms with E-state index in [0.29, 0.717) is 4.32 Å². The molecule has 0 aliphatic carbocycles. The summed E-state index contributed by atoms with van der Waals surface area (Å²) < 4.78 is 0.593. The van der Waals surface area contributed by atoms with Crippen molar-refractivity contribution in [2.75, 3.05) is 5.75 Å². The molecule has 0 aliphatic rings. The SMILES string of the molecule is CCCCCCCCCCCCSC(N)=S.[Fe]. The first-order valence-corrected chi connectivity index (χ1v) is 8.09. The minimum Gasteiger partial charge on any atom is -0.385 e. The molecular formula is C13H27FeNS2. The van der Waals surface area contributed by atoms with Crippen molar-refractivity contribution in [1.29, 1.82) is 0 Å². The molecule has 0 bridgehead atoms. The third-order valence-electron chi connectivity index (χ3n) is 2.74. The van der Waals surface area contributed by atoms with Crippen LogP contribution in [-0.2, 0) is 17.1 Å². The average molecular weight is 317 g/mol. The Bertz CT molecular complexity index is 165. The van der Waals surface area contributed by atoms with Crippen LogP contribution in [0.25, 0.3) is 0 Å². The number of hydrogen-bond donors (Lipinski definition) is 1. The summed E-state index contributed by atoms with van der Waals surface area (Å²) in [7, 11) is 0. The zero-order chi connectivity index (χ0) is 12.1. The van der Waals surface area contributed by atoms with E-state index in [1.807, 2.05) is 0 Å². The number of unbranched alkanes of at least 4 members (excludes halogenated alkanes) is 9. The van der Waals surface area contributed by atoms with E-state index < -0.39 is 0 Å². The van der Waals surface area contributed by atoms with Crippen molar-refractivity contribution in [2.45, 2.75) is 71.1 Å². The third kappa shape index (κ3) is 19.3. The number of nitrogens with two attached hydrogens (primary N) is 1. The maximum Gasteiger partial charge on any atom is 0.131 e. The molecule has 0 rings (SSSR count). The molecule has 17 heavy (non-hydrogen) atoms. The maximum atomic E-state index is 5.41.